The van der Waals surface area contributed by atoms with E-state index in [-0.39, 0.29) is 5.82 Å². The zero-order chi connectivity index (χ0) is 12.8. The number of rotatable bonds is 6. The molecule has 1 aromatic rings. The van der Waals surface area contributed by atoms with Gasteiger partial charge in [0.25, 0.3) is 0 Å². The number of hydrogen-bond acceptors (Lipinski definition) is 5. The Kier molecular flexibility index (Phi) is 4.46. The second-order valence-corrected chi connectivity index (χ2v) is 4.34. The van der Waals surface area contributed by atoms with Gasteiger partial charge in [-0.1, -0.05) is 12.8 Å². The molecule has 1 N–H and O–H groups in total. The van der Waals surface area contributed by atoms with Crippen molar-refractivity contribution in [1.29, 1.82) is 0 Å². The number of nitrogens with zero attached hydrogens (tertiary/aromatic N) is 2. The maximum Gasteiger partial charge on any atom is 0.386 e. The SMILES string of the molecule is O=[N+]([O-])c1ncccc1NCCOC1CCCC1. The van der Waals surface area contributed by atoms with Crippen molar-refractivity contribution in [2.24, 2.45) is 0 Å². The molecule has 18 heavy (non-hydrogen) atoms. The number of aromatic nitrogens is 1. The molecule has 6 heteroatoms. The summed E-state index contributed by atoms with van der Waals surface area (Å²) in [5, 5.41) is 13.7. The lowest BCUT2D eigenvalue weighted by atomic mass is 10.3. The second kappa shape index (κ2) is 6.30. The van der Waals surface area contributed by atoms with Gasteiger partial charge in [0.05, 0.1) is 12.7 Å². The molecule has 0 saturated heterocycles. The van der Waals surface area contributed by atoms with E-state index in [0.717, 1.165) is 12.8 Å². The Labute approximate surface area is 106 Å². The molecule has 6 nitrogen and oxygen atoms in total. The predicted octanol–water partition coefficient (Wildman–Crippen LogP) is 2.36. The lowest BCUT2D eigenvalue weighted by molar-refractivity contribution is -0.388. The van der Waals surface area contributed by atoms with Crippen LogP contribution in [0.1, 0.15) is 25.7 Å². The minimum Gasteiger partial charge on any atom is -0.376 e. The summed E-state index contributed by atoms with van der Waals surface area (Å²) < 4.78 is 5.67. The molecule has 1 heterocycles. The van der Waals surface area contributed by atoms with E-state index in [1.165, 1.54) is 19.0 Å². The van der Waals surface area contributed by atoms with Crippen molar-refractivity contribution < 1.29 is 9.66 Å². The number of pyridine rings is 1. The Bertz CT molecular complexity index is 405. The van der Waals surface area contributed by atoms with Crippen LogP contribution in [0, 0.1) is 10.1 Å². The summed E-state index contributed by atoms with van der Waals surface area (Å²) in [5.74, 6) is -0.140. The molecule has 0 radical (unpaired) electrons. The van der Waals surface area contributed by atoms with E-state index in [1.54, 1.807) is 12.1 Å². The highest BCUT2D eigenvalue weighted by molar-refractivity contribution is 5.56. The fourth-order valence-electron chi connectivity index (χ4n) is 2.15. The van der Waals surface area contributed by atoms with Crippen LogP contribution in [0.2, 0.25) is 0 Å². The third-order valence-electron chi connectivity index (χ3n) is 3.03. The van der Waals surface area contributed by atoms with Crippen LogP contribution < -0.4 is 5.32 Å². The van der Waals surface area contributed by atoms with E-state index in [1.807, 2.05) is 0 Å². The fourth-order valence-corrected chi connectivity index (χ4v) is 2.15. The summed E-state index contributed by atoms with van der Waals surface area (Å²) in [6.45, 7) is 1.12. The highest BCUT2D eigenvalue weighted by Gasteiger charge is 2.16. The van der Waals surface area contributed by atoms with Gasteiger partial charge < -0.3 is 20.2 Å². The average Bonchev–Trinajstić information content (AvgIpc) is 2.88. The van der Waals surface area contributed by atoms with Gasteiger partial charge >= 0.3 is 5.82 Å². The largest absolute Gasteiger partial charge is 0.386 e. The Morgan fingerprint density at radius 2 is 2.28 bits per heavy atom. The van der Waals surface area contributed by atoms with Crippen molar-refractivity contribution in [1.82, 2.24) is 4.98 Å². The van der Waals surface area contributed by atoms with Crippen molar-refractivity contribution in [3.63, 3.8) is 0 Å². The first kappa shape index (κ1) is 12.8. The molecule has 2 rings (SSSR count). The van der Waals surface area contributed by atoms with Crippen molar-refractivity contribution in [2.75, 3.05) is 18.5 Å². The lowest BCUT2D eigenvalue weighted by Gasteiger charge is -2.11. The Hall–Kier alpha value is -1.69. The van der Waals surface area contributed by atoms with E-state index in [2.05, 4.69) is 10.3 Å². The molecule has 1 aromatic heterocycles. The van der Waals surface area contributed by atoms with E-state index >= 15 is 0 Å². The van der Waals surface area contributed by atoms with E-state index in [4.69, 9.17) is 4.74 Å². The normalized spacial score (nSPS) is 15.8. The molecule has 1 aliphatic carbocycles. The van der Waals surface area contributed by atoms with Crippen LogP contribution in [0.5, 0.6) is 0 Å². The maximum atomic E-state index is 10.7. The first-order valence-electron chi connectivity index (χ1n) is 6.22. The molecule has 0 atom stereocenters. The Morgan fingerprint density at radius 3 is 3.00 bits per heavy atom. The maximum absolute atomic E-state index is 10.7. The number of anilines is 1. The van der Waals surface area contributed by atoms with Gasteiger partial charge in [0.2, 0.25) is 0 Å². The minimum absolute atomic E-state index is 0.140. The van der Waals surface area contributed by atoms with Gasteiger partial charge in [-0.2, -0.15) is 0 Å². The highest BCUT2D eigenvalue weighted by atomic mass is 16.6. The third-order valence-corrected chi connectivity index (χ3v) is 3.03. The molecule has 1 saturated carbocycles. The fraction of sp³-hybridized carbons (Fsp3) is 0.583. The van der Waals surface area contributed by atoms with Gasteiger partial charge in [0, 0.05) is 6.54 Å². The Balaban J connectivity index is 1.77. The summed E-state index contributed by atoms with van der Waals surface area (Å²) >= 11 is 0. The van der Waals surface area contributed by atoms with Crippen LogP contribution in [-0.4, -0.2) is 29.2 Å². The first-order chi connectivity index (χ1) is 8.77. The van der Waals surface area contributed by atoms with Crippen LogP contribution in [0.4, 0.5) is 11.5 Å². The van der Waals surface area contributed by atoms with Crippen molar-refractivity contribution in [3.05, 3.63) is 28.4 Å². The summed E-state index contributed by atoms with van der Waals surface area (Å²) in [7, 11) is 0. The first-order valence-corrected chi connectivity index (χ1v) is 6.22. The number of ether oxygens (including phenoxy) is 1. The van der Waals surface area contributed by atoms with Crippen molar-refractivity contribution in [3.8, 4) is 0 Å². The lowest BCUT2D eigenvalue weighted by Crippen LogP contribution is -2.16. The van der Waals surface area contributed by atoms with E-state index < -0.39 is 4.92 Å². The van der Waals surface area contributed by atoms with Crippen LogP contribution in [0.3, 0.4) is 0 Å². The van der Waals surface area contributed by atoms with Crippen molar-refractivity contribution in [2.45, 2.75) is 31.8 Å². The van der Waals surface area contributed by atoms with Gasteiger partial charge in [-0.3, -0.25) is 0 Å². The van der Waals surface area contributed by atoms with Gasteiger partial charge in [-0.05, 0) is 34.9 Å². The summed E-state index contributed by atoms with van der Waals surface area (Å²) in [4.78, 5) is 14.0. The van der Waals surface area contributed by atoms with Crippen molar-refractivity contribution >= 4 is 11.5 Å². The summed E-state index contributed by atoms with van der Waals surface area (Å²) in [6.07, 6.45) is 6.53. The monoisotopic (exact) mass is 251 g/mol. The zero-order valence-electron chi connectivity index (χ0n) is 10.2. The summed E-state index contributed by atoms with van der Waals surface area (Å²) in [6, 6.07) is 3.33. The Morgan fingerprint density at radius 1 is 1.50 bits per heavy atom. The smallest absolute Gasteiger partial charge is 0.376 e. The standard InChI is InChI=1S/C12H17N3O3/c16-15(17)12-11(6-3-7-14-12)13-8-9-18-10-4-1-2-5-10/h3,6-7,10,13H,1-2,4-5,8-9H2. The van der Waals surface area contributed by atoms with Gasteiger partial charge in [-0.15, -0.1) is 0 Å². The van der Waals surface area contributed by atoms with Crippen LogP contribution in [0.25, 0.3) is 0 Å². The average molecular weight is 251 g/mol. The van der Waals surface area contributed by atoms with E-state index in [9.17, 15) is 10.1 Å². The molecule has 0 amide bonds. The highest BCUT2D eigenvalue weighted by Crippen LogP contribution is 2.21. The molecular formula is C12H17N3O3. The van der Waals surface area contributed by atoms with Gasteiger partial charge in [-0.25, -0.2) is 0 Å². The molecule has 98 valence electrons. The minimum atomic E-state index is -0.486. The summed E-state index contributed by atoms with van der Waals surface area (Å²) in [5.41, 5.74) is 0.442. The topological polar surface area (TPSA) is 77.3 Å². The van der Waals surface area contributed by atoms with Crippen LogP contribution in [0.15, 0.2) is 18.3 Å². The quantitative estimate of drug-likeness (QED) is 0.477. The second-order valence-electron chi connectivity index (χ2n) is 4.34. The van der Waals surface area contributed by atoms with Gasteiger partial charge in [0.1, 0.15) is 11.9 Å². The van der Waals surface area contributed by atoms with Gasteiger partial charge in [0.15, 0.2) is 0 Å². The number of hydrogen-bond donors (Lipinski definition) is 1. The van der Waals surface area contributed by atoms with Crippen LogP contribution in [-0.2, 0) is 4.74 Å². The molecule has 0 bridgehead atoms. The number of nitrogens with one attached hydrogen (secondary N) is 1. The van der Waals surface area contributed by atoms with Crippen LogP contribution >= 0.6 is 0 Å². The molecule has 1 fully saturated rings. The molecule has 0 unspecified atom stereocenters. The molecule has 0 aromatic carbocycles. The molecular weight excluding hydrogens is 234 g/mol. The third kappa shape index (κ3) is 3.40. The predicted molar refractivity (Wildman–Crippen MR) is 67.6 cm³/mol. The molecule has 0 spiro atoms. The van der Waals surface area contributed by atoms with E-state index in [0.29, 0.717) is 24.9 Å². The number of nitro groups is 1. The zero-order valence-corrected chi connectivity index (χ0v) is 10.2. The molecule has 1 aliphatic rings. The molecule has 0 aliphatic heterocycles.